The van der Waals surface area contributed by atoms with Crippen molar-refractivity contribution in [2.45, 2.75) is 39.2 Å². The first-order chi connectivity index (χ1) is 8.81. The molecule has 1 atom stereocenters. The number of hydrogen-bond donors (Lipinski definition) is 0. The Kier molecular flexibility index (Phi) is 4.78. The summed E-state index contributed by atoms with van der Waals surface area (Å²) >= 11 is 0. The van der Waals surface area contributed by atoms with E-state index in [2.05, 4.69) is 30.0 Å². The molecular formula is C16H22N2. The maximum absolute atomic E-state index is 8.78. The van der Waals surface area contributed by atoms with E-state index in [0.29, 0.717) is 0 Å². The van der Waals surface area contributed by atoms with E-state index < -0.39 is 0 Å². The molecule has 0 aromatic heterocycles. The van der Waals surface area contributed by atoms with Gasteiger partial charge < -0.3 is 0 Å². The van der Waals surface area contributed by atoms with E-state index in [4.69, 9.17) is 5.26 Å². The van der Waals surface area contributed by atoms with Crippen molar-refractivity contribution < 1.29 is 0 Å². The minimum atomic E-state index is 0.751. The van der Waals surface area contributed by atoms with Crippen LogP contribution in [-0.4, -0.2) is 18.0 Å². The fraction of sp³-hybridized carbons (Fsp3) is 0.562. The second-order valence-electron chi connectivity index (χ2n) is 5.29. The first-order valence-corrected chi connectivity index (χ1v) is 7.03. The highest BCUT2D eigenvalue weighted by molar-refractivity contribution is 5.31. The van der Waals surface area contributed by atoms with Crippen molar-refractivity contribution in [1.82, 2.24) is 4.90 Å². The third-order valence-electron chi connectivity index (χ3n) is 4.01. The van der Waals surface area contributed by atoms with Crippen molar-refractivity contribution in [1.29, 1.82) is 5.26 Å². The van der Waals surface area contributed by atoms with Crippen LogP contribution in [0.1, 0.15) is 43.7 Å². The van der Waals surface area contributed by atoms with Crippen molar-refractivity contribution in [2.24, 2.45) is 5.92 Å². The van der Waals surface area contributed by atoms with Crippen LogP contribution < -0.4 is 0 Å². The van der Waals surface area contributed by atoms with Crippen LogP contribution in [0.5, 0.6) is 0 Å². The van der Waals surface area contributed by atoms with Gasteiger partial charge in [0.25, 0.3) is 0 Å². The summed E-state index contributed by atoms with van der Waals surface area (Å²) in [5, 5.41) is 8.78. The minimum Gasteiger partial charge on any atom is -0.299 e. The summed E-state index contributed by atoms with van der Waals surface area (Å²) < 4.78 is 0. The van der Waals surface area contributed by atoms with Gasteiger partial charge >= 0.3 is 0 Å². The van der Waals surface area contributed by atoms with Crippen molar-refractivity contribution in [3.63, 3.8) is 0 Å². The lowest BCUT2D eigenvalue weighted by molar-refractivity contribution is 0.272. The normalized spacial score (nSPS) is 21.2. The average molecular weight is 242 g/mol. The summed E-state index contributed by atoms with van der Waals surface area (Å²) in [6.45, 7) is 5.78. The van der Waals surface area contributed by atoms with E-state index >= 15 is 0 Å². The predicted octanol–water partition coefficient (Wildman–Crippen LogP) is 3.57. The highest BCUT2D eigenvalue weighted by atomic mass is 15.1. The number of hydrogen-bond acceptors (Lipinski definition) is 2. The second-order valence-corrected chi connectivity index (χ2v) is 5.29. The third kappa shape index (κ3) is 3.58. The highest BCUT2D eigenvalue weighted by Gasteiger charge is 2.15. The van der Waals surface area contributed by atoms with Gasteiger partial charge in [-0.25, -0.2) is 0 Å². The van der Waals surface area contributed by atoms with Crippen molar-refractivity contribution in [2.75, 3.05) is 13.1 Å². The maximum atomic E-state index is 8.78. The fourth-order valence-electron chi connectivity index (χ4n) is 2.73. The number of likely N-dealkylation sites (tertiary alicyclic amines) is 1. The first kappa shape index (κ1) is 13.1. The first-order valence-electron chi connectivity index (χ1n) is 7.03. The molecule has 2 rings (SSSR count). The van der Waals surface area contributed by atoms with Gasteiger partial charge in [0.2, 0.25) is 0 Å². The van der Waals surface area contributed by atoms with E-state index in [0.717, 1.165) is 18.0 Å². The van der Waals surface area contributed by atoms with Crippen LogP contribution in [0.3, 0.4) is 0 Å². The quantitative estimate of drug-likeness (QED) is 0.810. The van der Waals surface area contributed by atoms with Gasteiger partial charge in [-0.2, -0.15) is 5.26 Å². The Morgan fingerprint density at radius 1 is 1.22 bits per heavy atom. The molecular weight excluding hydrogens is 220 g/mol. The van der Waals surface area contributed by atoms with Crippen molar-refractivity contribution in [3.05, 3.63) is 35.4 Å². The van der Waals surface area contributed by atoms with Crippen LogP contribution in [0, 0.1) is 17.2 Å². The molecule has 2 nitrogen and oxygen atoms in total. The van der Waals surface area contributed by atoms with E-state index in [-0.39, 0.29) is 0 Å². The Bertz CT molecular complexity index is 402. The summed E-state index contributed by atoms with van der Waals surface area (Å²) in [5.41, 5.74) is 2.07. The van der Waals surface area contributed by atoms with Crippen LogP contribution in [-0.2, 0) is 6.54 Å². The molecule has 1 unspecified atom stereocenters. The van der Waals surface area contributed by atoms with Crippen molar-refractivity contribution in [3.8, 4) is 6.07 Å². The van der Waals surface area contributed by atoms with Gasteiger partial charge in [-0.15, -0.1) is 0 Å². The van der Waals surface area contributed by atoms with Crippen LogP contribution in [0.4, 0.5) is 0 Å². The van der Waals surface area contributed by atoms with E-state index in [1.807, 2.05) is 12.1 Å². The van der Waals surface area contributed by atoms with E-state index in [1.165, 1.54) is 44.3 Å². The van der Waals surface area contributed by atoms with Crippen LogP contribution in [0.2, 0.25) is 0 Å². The molecule has 0 radical (unpaired) electrons. The molecule has 1 saturated heterocycles. The summed E-state index contributed by atoms with van der Waals surface area (Å²) in [6.07, 6.45) is 5.38. The summed E-state index contributed by atoms with van der Waals surface area (Å²) in [5.74, 6) is 0.927. The smallest absolute Gasteiger partial charge is 0.0991 e. The standard InChI is InChI=1S/C16H22N2/c1-2-14-4-3-10-18(11-9-14)13-16-7-5-15(12-17)6-8-16/h5-8,14H,2-4,9-11,13H2,1H3. The molecule has 1 aromatic carbocycles. The lowest BCUT2D eigenvalue weighted by Crippen LogP contribution is -2.24. The van der Waals surface area contributed by atoms with Crippen LogP contribution in [0.15, 0.2) is 24.3 Å². The van der Waals surface area contributed by atoms with Gasteiger partial charge in [0.15, 0.2) is 0 Å². The Hall–Kier alpha value is -1.33. The lowest BCUT2D eigenvalue weighted by atomic mass is 9.98. The molecule has 0 amide bonds. The Balaban J connectivity index is 1.90. The molecule has 0 aliphatic carbocycles. The molecule has 0 saturated carbocycles. The second kappa shape index (κ2) is 6.56. The summed E-state index contributed by atoms with van der Waals surface area (Å²) in [4.78, 5) is 2.55. The van der Waals surface area contributed by atoms with Crippen molar-refractivity contribution >= 4 is 0 Å². The average Bonchev–Trinajstić information content (AvgIpc) is 2.65. The van der Waals surface area contributed by atoms with Gasteiger partial charge in [-0.3, -0.25) is 4.90 Å². The zero-order valence-electron chi connectivity index (χ0n) is 11.2. The van der Waals surface area contributed by atoms with Gasteiger partial charge in [-0.05, 0) is 56.0 Å². The number of rotatable bonds is 3. The van der Waals surface area contributed by atoms with Crippen LogP contribution >= 0.6 is 0 Å². The molecule has 0 spiro atoms. The SMILES string of the molecule is CCC1CCCN(Cc2ccc(C#N)cc2)CC1. The van der Waals surface area contributed by atoms with Gasteiger partial charge in [0, 0.05) is 6.54 Å². The molecule has 96 valence electrons. The largest absolute Gasteiger partial charge is 0.299 e. The topological polar surface area (TPSA) is 27.0 Å². The predicted molar refractivity (Wildman–Crippen MR) is 74.1 cm³/mol. The Morgan fingerprint density at radius 2 is 2.00 bits per heavy atom. The number of nitrogens with zero attached hydrogens (tertiary/aromatic N) is 2. The Morgan fingerprint density at radius 3 is 2.67 bits per heavy atom. The van der Waals surface area contributed by atoms with Crippen LogP contribution in [0.25, 0.3) is 0 Å². The minimum absolute atomic E-state index is 0.751. The molecule has 1 aliphatic rings. The molecule has 2 heteroatoms. The Labute approximate surface area is 110 Å². The molecule has 1 heterocycles. The maximum Gasteiger partial charge on any atom is 0.0991 e. The third-order valence-corrected chi connectivity index (χ3v) is 4.01. The molecule has 0 bridgehead atoms. The zero-order chi connectivity index (χ0) is 12.8. The molecule has 1 aromatic rings. The van der Waals surface area contributed by atoms with E-state index in [9.17, 15) is 0 Å². The van der Waals surface area contributed by atoms with E-state index in [1.54, 1.807) is 0 Å². The van der Waals surface area contributed by atoms with Gasteiger partial charge in [0.1, 0.15) is 0 Å². The molecule has 1 aliphatic heterocycles. The zero-order valence-corrected chi connectivity index (χ0v) is 11.2. The summed E-state index contributed by atoms with van der Waals surface area (Å²) in [7, 11) is 0. The van der Waals surface area contributed by atoms with Gasteiger partial charge in [-0.1, -0.05) is 25.5 Å². The molecule has 0 N–H and O–H groups in total. The summed E-state index contributed by atoms with van der Waals surface area (Å²) in [6, 6.07) is 10.2. The number of nitriles is 1. The fourth-order valence-corrected chi connectivity index (χ4v) is 2.73. The monoisotopic (exact) mass is 242 g/mol. The molecule has 18 heavy (non-hydrogen) atoms. The molecule has 1 fully saturated rings. The lowest BCUT2D eigenvalue weighted by Gasteiger charge is -2.20. The number of benzene rings is 1. The van der Waals surface area contributed by atoms with Gasteiger partial charge in [0.05, 0.1) is 11.6 Å². The highest BCUT2D eigenvalue weighted by Crippen LogP contribution is 2.21.